The van der Waals surface area contributed by atoms with Crippen LogP contribution in [0.15, 0.2) is 42.5 Å². The van der Waals surface area contributed by atoms with Gasteiger partial charge in [0.05, 0.1) is 7.14 Å². The number of hydrogen-bond donors (Lipinski definition) is 2. The fourth-order valence-corrected chi connectivity index (χ4v) is 3.38. The van der Waals surface area contributed by atoms with Crippen LogP contribution in [0.2, 0.25) is 0 Å². The van der Waals surface area contributed by atoms with Gasteiger partial charge in [0.25, 0.3) is 0 Å². The summed E-state index contributed by atoms with van der Waals surface area (Å²) in [6.45, 7) is 0.640. The van der Waals surface area contributed by atoms with Gasteiger partial charge in [0.15, 0.2) is 0 Å². The minimum absolute atomic E-state index is 0.143. The number of hydrazine groups is 1. The molecule has 2 N–H and O–H groups in total. The lowest BCUT2D eigenvalue weighted by atomic mass is 10.2. The molecule has 2 aromatic rings. The maximum absolute atomic E-state index is 13.4. The number of para-hydroxylation sites is 1. The summed E-state index contributed by atoms with van der Waals surface area (Å²) in [7, 11) is 0. The highest BCUT2D eigenvalue weighted by molar-refractivity contribution is 14.1. The molecule has 94 valence electrons. The molecule has 18 heavy (non-hydrogen) atoms. The fraction of sp³-hybridized carbons (Fsp3) is 0.0769. The van der Waals surface area contributed by atoms with Crippen molar-refractivity contribution < 1.29 is 4.39 Å². The van der Waals surface area contributed by atoms with Crippen molar-refractivity contribution in [3.05, 3.63) is 61.0 Å². The van der Waals surface area contributed by atoms with E-state index in [9.17, 15) is 4.39 Å². The van der Waals surface area contributed by atoms with Crippen LogP contribution in [0.25, 0.3) is 0 Å². The van der Waals surface area contributed by atoms with E-state index in [1.807, 2.05) is 87.6 Å². The lowest BCUT2D eigenvalue weighted by molar-refractivity contribution is 0.611. The molecule has 0 amide bonds. The van der Waals surface area contributed by atoms with E-state index in [1.165, 1.54) is 0 Å². The van der Waals surface area contributed by atoms with Crippen molar-refractivity contribution in [2.75, 3.05) is 5.43 Å². The highest BCUT2D eigenvalue weighted by Gasteiger charge is 2.06. The largest absolute Gasteiger partial charge is 0.321 e. The normalized spacial score (nSPS) is 10.4. The third-order valence-corrected chi connectivity index (χ3v) is 3.91. The second kappa shape index (κ2) is 6.67. The molecule has 2 aromatic carbocycles. The van der Waals surface area contributed by atoms with Gasteiger partial charge in [-0.3, -0.25) is 0 Å². The van der Waals surface area contributed by atoms with Crippen molar-refractivity contribution in [1.29, 1.82) is 0 Å². The van der Waals surface area contributed by atoms with Crippen LogP contribution in [0.1, 0.15) is 5.56 Å². The third kappa shape index (κ3) is 3.79. The predicted octanol–water partition coefficient (Wildman–Crippen LogP) is 4.15. The van der Waals surface area contributed by atoms with Crippen molar-refractivity contribution in [1.82, 2.24) is 5.43 Å². The molecular weight excluding hydrogens is 457 g/mol. The van der Waals surface area contributed by atoms with E-state index in [2.05, 4.69) is 10.9 Å². The van der Waals surface area contributed by atoms with Crippen LogP contribution >= 0.6 is 45.2 Å². The van der Waals surface area contributed by atoms with Gasteiger partial charge in [0.1, 0.15) is 5.82 Å². The average Bonchev–Trinajstić information content (AvgIpc) is 2.37. The Bertz CT molecular complexity index is 509. The lowest BCUT2D eigenvalue weighted by Gasteiger charge is -2.09. The van der Waals surface area contributed by atoms with E-state index >= 15 is 0 Å². The molecule has 0 bridgehead atoms. The second-order valence-corrected chi connectivity index (χ2v) is 6.04. The average molecular weight is 468 g/mol. The maximum atomic E-state index is 13.4. The Morgan fingerprint density at radius 1 is 1.00 bits per heavy atom. The van der Waals surface area contributed by atoms with Crippen LogP contribution in [0.3, 0.4) is 0 Å². The Morgan fingerprint density at radius 2 is 1.61 bits per heavy atom. The first kappa shape index (κ1) is 14.0. The van der Waals surface area contributed by atoms with Crippen LogP contribution in [0.5, 0.6) is 0 Å². The number of hydrogen-bond acceptors (Lipinski definition) is 2. The van der Waals surface area contributed by atoms with Gasteiger partial charge >= 0.3 is 0 Å². The minimum Gasteiger partial charge on any atom is -0.321 e. The van der Waals surface area contributed by atoms with Crippen molar-refractivity contribution in [2.24, 2.45) is 0 Å². The standard InChI is InChI=1S/C13H11FI2N2/c14-13-11(15)6-9(7-12(13)16)8-17-18-10-4-2-1-3-5-10/h1-7,17-18H,8H2. The van der Waals surface area contributed by atoms with Crippen molar-refractivity contribution in [3.8, 4) is 0 Å². The number of nitrogens with one attached hydrogen (secondary N) is 2. The molecule has 2 rings (SSSR count). The van der Waals surface area contributed by atoms with Crippen molar-refractivity contribution >= 4 is 50.9 Å². The van der Waals surface area contributed by atoms with E-state index < -0.39 is 0 Å². The van der Waals surface area contributed by atoms with E-state index in [4.69, 9.17) is 0 Å². The quantitative estimate of drug-likeness (QED) is 0.401. The summed E-state index contributed by atoms with van der Waals surface area (Å²) in [6, 6.07) is 13.5. The Balaban J connectivity index is 1.95. The van der Waals surface area contributed by atoms with Crippen molar-refractivity contribution in [3.63, 3.8) is 0 Å². The summed E-state index contributed by atoms with van der Waals surface area (Å²) in [5.41, 5.74) is 8.26. The van der Waals surface area contributed by atoms with Gasteiger partial charge in [-0.15, -0.1) is 0 Å². The number of halogens is 3. The molecule has 2 nitrogen and oxygen atoms in total. The summed E-state index contributed by atoms with van der Waals surface area (Å²) >= 11 is 4.02. The van der Waals surface area contributed by atoms with Crippen LogP contribution in [-0.4, -0.2) is 0 Å². The minimum atomic E-state index is -0.143. The van der Waals surface area contributed by atoms with Crippen LogP contribution in [0.4, 0.5) is 10.1 Å². The SMILES string of the molecule is Fc1c(I)cc(CNNc2ccccc2)cc1I. The van der Waals surface area contributed by atoms with Crippen molar-refractivity contribution in [2.45, 2.75) is 6.54 Å². The second-order valence-electron chi connectivity index (χ2n) is 3.72. The molecule has 0 unspecified atom stereocenters. The molecule has 0 radical (unpaired) electrons. The zero-order valence-electron chi connectivity index (χ0n) is 9.38. The number of anilines is 1. The van der Waals surface area contributed by atoms with Gasteiger partial charge in [-0.2, -0.15) is 0 Å². The van der Waals surface area contributed by atoms with Crippen LogP contribution < -0.4 is 10.9 Å². The van der Waals surface area contributed by atoms with E-state index in [0.29, 0.717) is 13.7 Å². The van der Waals surface area contributed by atoms with E-state index in [-0.39, 0.29) is 5.82 Å². The summed E-state index contributed by atoms with van der Waals surface area (Å²) in [4.78, 5) is 0. The molecule has 0 aliphatic heterocycles. The van der Waals surface area contributed by atoms with E-state index in [1.54, 1.807) is 0 Å². The van der Waals surface area contributed by atoms with Gasteiger partial charge < -0.3 is 5.43 Å². The third-order valence-electron chi connectivity index (χ3n) is 2.34. The molecule has 0 saturated carbocycles. The first-order valence-corrected chi connectivity index (χ1v) is 7.50. The zero-order chi connectivity index (χ0) is 13.0. The Hall–Kier alpha value is -0.410. The molecule has 0 fully saturated rings. The van der Waals surface area contributed by atoms with Crippen LogP contribution in [-0.2, 0) is 6.54 Å². The summed E-state index contributed by atoms with van der Waals surface area (Å²) in [5.74, 6) is -0.143. The Kier molecular flexibility index (Phi) is 5.19. The fourth-order valence-electron chi connectivity index (χ4n) is 1.48. The van der Waals surface area contributed by atoms with E-state index in [0.717, 1.165) is 11.3 Å². The molecular formula is C13H11FI2N2. The summed E-state index contributed by atoms with van der Waals surface area (Å²) in [5, 5.41) is 0. The molecule has 0 aliphatic carbocycles. The molecule has 0 aliphatic rings. The monoisotopic (exact) mass is 468 g/mol. The smallest absolute Gasteiger partial charge is 0.149 e. The van der Waals surface area contributed by atoms with Gasteiger partial charge in [0, 0.05) is 12.2 Å². The maximum Gasteiger partial charge on any atom is 0.149 e. The summed E-state index contributed by atoms with van der Waals surface area (Å²) < 4.78 is 14.7. The zero-order valence-corrected chi connectivity index (χ0v) is 13.7. The molecule has 0 aromatic heterocycles. The van der Waals surface area contributed by atoms with Gasteiger partial charge in [-0.05, 0) is 75.0 Å². The van der Waals surface area contributed by atoms with Gasteiger partial charge in [-0.1, -0.05) is 18.2 Å². The Morgan fingerprint density at radius 3 is 2.22 bits per heavy atom. The summed E-state index contributed by atoms with van der Waals surface area (Å²) in [6.07, 6.45) is 0. The van der Waals surface area contributed by atoms with Crippen LogP contribution in [0, 0.1) is 13.0 Å². The Labute approximate surface area is 133 Å². The van der Waals surface area contributed by atoms with Gasteiger partial charge in [-0.25, -0.2) is 9.82 Å². The molecule has 0 spiro atoms. The molecule has 0 heterocycles. The first-order valence-electron chi connectivity index (χ1n) is 5.34. The predicted molar refractivity (Wildman–Crippen MR) is 88.7 cm³/mol. The molecule has 0 saturated heterocycles. The number of benzene rings is 2. The lowest BCUT2D eigenvalue weighted by Crippen LogP contribution is -2.21. The number of rotatable bonds is 4. The first-order chi connectivity index (χ1) is 8.66. The van der Waals surface area contributed by atoms with Gasteiger partial charge in [0.2, 0.25) is 0 Å². The molecule has 5 heteroatoms. The topological polar surface area (TPSA) is 24.1 Å². The molecule has 0 atom stereocenters. The highest BCUT2D eigenvalue weighted by Crippen LogP contribution is 2.19. The highest BCUT2D eigenvalue weighted by atomic mass is 127.